The molecule has 2 aromatic rings. The summed E-state index contributed by atoms with van der Waals surface area (Å²) in [5.74, 6) is 0.240. The molecule has 4 heteroatoms. The van der Waals surface area contributed by atoms with Crippen molar-refractivity contribution < 1.29 is 13.9 Å². The molecule has 0 atom stereocenters. The summed E-state index contributed by atoms with van der Waals surface area (Å²) in [7, 11) is 0. The van der Waals surface area contributed by atoms with Crippen LogP contribution in [0.2, 0.25) is 0 Å². The Morgan fingerprint density at radius 3 is 2.65 bits per heavy atom. The molecule has 20 heavy (non-hydrogen) atoms. The Hall–Kier alpha value is -1.68. The highest BCUT2D eigenvalue weighted by atomic mass is 79.9. The molecule has 104 valence electrons. The highest BCUT2D eigenvalue weighted by Crippen LogP contribution is 2.28. The maximum Gasteiger partial charge on any atom is 0.153 e. The standard InChI is InChI=1S/C16H14BrFO2/c1-10-3-4-15(18)7-13(10)9-20-16-11(2)5-14(17)6-12(16)8-19/h3-8H,9H2,1-2H3. The molecule has 0 aromatic heterocycles. The monoisotopic (exact) mass is 336 g/mol. The molecular formula is C16H14BrFO2. The maximum atomic E-state index is 13.2. The number of benzene rings is 2. The Bertz CT molecular complexity index is 653. The number of halogens is 2. The third-order valence-electron chi connectivity index (χ3n) is 3.08. The van der Waals surface area contributed by atoms with Gasteiger partial charge in [0.05, 0.1) is 5.56 Å². The second-order valence-electron chi connectivity index (χ2n) is 4.62. The Kier molecular flexibility index (Phi) is 4.55. The van der Waals surface area contributed by atoms with Crippen LogP contribution in [0.4, 0.5) is 4.39 Å². The number of rotatable bonds is 4. The van der Waals surface area contributed by atoms with Gasteiger partial charge in [-0.3, -0.25) is 4.79 Å². The quantitative estimate of drug-likeness (QED) is 0.763. The van der Waals surface area contributed by atoms with Gasteiger partial charge in [0, 0.05) is 4.47 Å². The molecule has 0 spiro atoms. The summed E-state index contributed by atoms with van der Waals surface area (Å²) < 4.78 is 19.8. The van der Waals surface area contributed by atoms with E-state index in [0.29, 0.717) is 11.3 Å². The fourth-order valence-electron chi connectivity index (χ4n) is 1.99. The van der Waals surface area contributed by atoms with Gasteiger partial charge in [0.15, 0.2) is 6.29 Å². The van der Waals surface area contributed by atoms with Crippen LogP contribution in [0, 0.1) is 19.7 Å². The number of hydrogen-bond acceptors (Lipinski definition) is 2. The first-order valence-corrected chi connectivity index (χ1v) is 6.93. The van der Waals surface area contributed by atoms with Crippen LogP contribution in [-0.2, 0) is 6.61 Å². The van der Waals surface area contributed by atoms with E-state index >= 15 is 0 Å². The van der Waals surface area contributed by atoms with E-state index < -0.39 is 0 Å². The largest absolute Gasteiger partial charge is 0.488 e. The fraction of sp³-hybridized carbons (Fsp3) is 0.188. The van der Waals surface area contributed by atoms with Crippen LogP contribution in [0.15, 0.2) is 34.8 Å². The first kappa shape index (κ1) is 14.7. The molecule has 0 N–H and O–H groups in total. The average Bonchev–Trinajstić information content (AvgIpc) is 2.40. The Morgan fingerprint density at radius 2 is 1.95 bits per heavy atom. The first-order chi connectivity index (χ1) is 9.51. The lowest BCUT2D eigenvalue weighted by atomic mass is 10.1. The smallest absolute Gasteiger partial charge is 0.153 e. The van der Waals surface area contributed by atoms with Gasteiger partial charge in [-0.2, -0.15) is 0 Å². The van der Waals surface area contributed by atoms with Gasteiger partial charge in [0.25, 0.3) is 0 Å². The van der Waals surface area contributed by atoms with Gasteiger partial charge in [0.2, 0.25) is 0 Å². The van der Waals surface area contributed by atoms with Crippen molar-refractivity contribution in [3.8, 4) is 5.75 Å². The molecule has 0 heterocycles. The predicted octanol–water partition coefficient (Wildman–Crippen LogP) is 4.60. The molecule has 0 aliphatic rings. The fourth-order valence-corrected chi connectivity index (χ4v) is 2.58. The van der Waals surface area contributed by atoms with E-state index in [1.807, 2.05) is 19.9 Å². The molecule has 0 aliphatic carbocycles. The van der Waals surface area contributed by atoms with Crippen molar-refractivity contribution >= 4 is 22.2 Å². The van der Waals surface area contributed by atoms with Crippen molar-refractivity contribution in [2.75, 3.05) is 0 Å². The third kappa shape index (κ3) is 3.25. The van der Waals surface area contributed by atoms with Crippen LogP contribution >= 0.6 is 15.9 Å². The third-order valence-corrected chi connectivity index (χ3v) is 3.54. The van der Waals surface area contributed by atoms with Crippen LogP contribution < -0.4 is 4.74 Å². The molecule has 2 aromatic carbocycles. The lowest BCUT2D eigenvalue weighted by molar-refractivity contribution is 0.111. The lowest BCUT2D eigenvalue weighted by Gasteiger charge is -2.13. The second kappa shape index (κ2) is 6.18. The number of aryl methyl sites for hydroxylation is 2. The normalized spacial score (nSPS) is 10.4. The zero-order chi connectivity index (χ0) is 14.7. The molecule has 0 unspecified atom stereocenters. The number of hydrogen-bond donors (Lipinski definition) is 0. The van der Waals surface area contributed by atoms with Crippen LogP contribution in [0.5, 0.6) is 5.75 Å². The highest BCUT2D eigenvalue weighted by Gasteiger charge is 2.10. The van der Waals surface area contributed by atoms with E-state index in [0.717, 1.165) is 27.4 Å². The van der Waals surface area contributed by atoms with Crippen LogP contribution in [0.1, 0.15) is 27.0 Å². The van der Waals surface area contributed by atoms with Crippen molar-refractivity contribution in [2.45, 2.75) is 20.5 Å². The van der Waals surface area contributed by atoms with Gasteiger partial charge in [-0.05, 0) is 54.8 Å². The Balaban J connectivity index is 2.27. The first-order valence-electron chi connectivity index (χ1n) is 6.14. The minimum atomic E-state index is -0.294. The van der Waals surface area contributed by atoms with Gasteiger partial charge in [-0.25, -0.2) is 4.39 Å². The minimum absolute atomic E-state index is 0.229. The van der Waals surface area contributed by atoms with Crippen molar-refractivity contribution in [3.63, 3.8) is 0 Å². The van der Waals surface area contributed by atoms with Gasteiger partial charge in [-0.15, -0.1) is 0 Å². The SMILES string of the molecule is Cc1ccc(F)cc1COc1c(C)cc(Br)cc1C=O. The van der Waals surface area contributed by atoms with Crippen molar-refractivity contribution in [1.29, 1.82) is 0 Å². The summed E-state index contributed by atoms with van der Waals surface area (Å²) in [6, 6.07) is 8.16. The summed E-state index contributed by atoms with van der Waals surface area (Å²) in [4.78, 5) is 11.1. The Labute approximate surface area is 125 Å². The van der Waals surface area contributed by atoms with Crippen LogP contribution in [-0.4, -0.2) is 6.29 Å². The average molecular weight is 337 g/mol. The van der Waals surface area contributed by atoms with Gasteiger partial charge in [0.1, 0.15) is 18.2 Å². The van der Waals surface area contributed by atoms with Crippen molar-refractivity contribution in [1.82, 2.24) is 0 Å². The number of carbonyl (C=O) groups excluding carboxylic acids is 1. The molecule has 0 saturated heterocycles. The Morgan fingerprint density at radius 1 is 1.20 bits per heavy atom. The molecule has 0 radical (unpaired) electrons. The summed E-state index contributed by atoms with van der Waals surface area (Å²) in [6.45, 7) is 3.99. The zero-order valence-electron chi connectivity index (χ0n) is 11.2. The van der Waals surface area contributed by atoms with Crippen LogP contribution in [0.3, 0.4) is 0 Å². The van der Waals surface area contributed by atoms with Crippen molar-refractivity contribution in [2.24, 2.45) is 0 Å². The van der Waals surface area contributed by atoms with Gasteiger partial charge < -0.3 is 4.74 Å². The lowest BCUT2D eigenvalue weighted by Crippen LogP contribution is -2.02. The van der Waals surface area contributed by atoms with E-state index in [1.54, 1.807) is 12.1 Å². The van der Waals surface area contributed by atoms with E-state index in [-0.39, 0.29) is 12.4 Å². The minimum Gasteiger partial charge on any atom is -0.488 e. The summed E-state index contributed by atoms with van der Waals surface area (Å²) in [6.07, 6.45) is 0.755. The van der Waals surface area contributed by atoms with Crippen molar-refractivity contribution in [3.05, 3.63) is 62.9 Å². The van der Waals surface area contributed by atoms with E-state index in [4.69, 9.17) is 4.74 Å². The molecule has 0 saturated carbocycles. The van der Waals surface area contributed by atoms with E-state index in [1.165, 1.54) is 12.1 Å². The number of ether oxygens (including phenoxy) is 1. The molecule has 0 bridgehead atoms. The molecular weight excluding hydrogens is 323 g/mol. The van der Waals surface area contributed by atoms with Gasteiger partial charge in [-0.1, -0.05) is 22.0 Å². The molecule has 0 fully saturated rings. The molecule has 0 aliphatic heterocycles. The second-order valence-corrected chi connectivity index (χ2v) is 5.53. The highest BCUT2D eigenvalue weighted by molar-refractivity contribution is 9.10. The van der Waals surface area contributed by atoms with Gasteiger partial charge >= 0.3 is 0 Å². The summed E-state index contributed by atoms with van der Waals surface area (Å²) in [5.41, 5.74) is 3.06. The predicted molar refractivity (Wildman–Crippen MR) is 79.7 cm³/mol. The number of carbonyl (C=O) groups is 1. The van der Waals surface area contributed by atoms with E-state index in [2.05, 4.69) is 15.9 Å². The molecule has 2 rings (SSSR count). The van der Waals surface area contributed by atoms with Crippen LogP contribution in [0.25, 0.3) is 0 Å². The van der Waals surface area contributed by atoms with E-state index in [9.17, 15) is 9.18 Å². The maximum absolute atomic E-state index is 13.2. The molecule has 0 amide bonds. The zero-order valence-corrected chi connectivity index (χ0v) is 12.8. The molecule has 2 nitrogen and oxygen atoms in total. The topological polar surface area (TPSA) is 26.3 Å². The number of aldehydes is 1. The summed E-state index contributed by atoms with van der Waals surface area (Å²) in [5, 5.41) is 0. The summed E-state index contributed by atoms with van der Waals surface area (Å²) >= 11 is 3.34.